The second kappa shape index (κ2) is 12.8. The van der Waals surface area contributed by atoms with Gasteiger partial charge in [0.15, 0.2) is 0 Å². The fourth-order valence-corrected chi connectivity index (χ4v) is 7.23. The van der Waals surface area contributed by atoms with Gasteiger partial charge in [-0.2, -0.15) is 0 Å². The molecule has 1 aromatic heterocycles. The summed E-state index contributed by atoms with van der Waals surface area (Å²) in [6.07, 6.45) is 8.83. The molecule has 2 nitrogen and oxygen atoms in total. The number of hydrogen-bond acceptors (Lipinski definition) is 1. The van der Waals surface area contributed by atoms with E-state index in [-0.39, 0.29) is 0 Å². The van der Waals surface area contributed by atoms with Gasteiger partial charge in [-0.15, -0.1) is 0 Å². The van der Waals surface area contributed by atoms with Crippen molar-refractivity contribution in [3.05, 3.63) is 200 Å². The zero-order valence-electron chi connectivity index (χ0n) is 27.6. The average molecular weight is 639 g/mol. The van der Waals surface area contributed by atoms with Crippen LogP contribution >= 0.6 is 0 Å². The van der Waals surface area contributed by atoms with E-state index in [2.05, 4.69) is 191 Å². The predicted molar refractivity (Wildman–Crippen MR) is 210 cm³/mol. The smallest absolute Gasteiger partial charge is 0.0973 e. The highest BCUT2D eigenvalue weighted by molar-refractivity contribution is 6.10. The number of anilines is 3. The summed E-state index contributed by atoms with van der Waals surface area (Å²) >= 11 is 0. The lowest BCUT2D eigenvalue weighted by atomic mass is 9.97. The summed E-state index contributed by atoms with van der Waals surface area (Å²) < 4.78 is 2.40. The van der Waals surface area contributed by atoms with E-state index in [1.807, 2.05) is 12.1 Å². The van der Waals surface area contributed by atoms with Crippen molar-refractivity contribution in [3.8, 4) is 27.9 Å². The number of fused-ring (bicyclic) bond motifs is 3. The van der Waals surface area contributed by atoms with Crippen molar-refractivity contribution in [1.29, 1.82) is 0 Å². The molecule has 1 aliphatic rings. The number of aromatic nitrogens is 1. The molecule has 2 heteroatoms. The third kappa shape index (κ3) is 5.46. The molecule has 0 bridgehead atoms. The van der Waals surface area contributed by atoms with Gasteiger partial charge in [-0.25, -0.2) is 0 Å². The summed E-state index contributed by atoms with van der Waals surface area (Å²) in [7, 11) is 0. The van der Waals surface area contributed by atoms with Crippen LogP contribution < -0.4 is 4.90 Å². The maximum atomic E-state index is 3.38. The van der Waals surface area contributed by atoms with Crippen molar-refractivity contribution in [2.24, 2.45) is 0 Å². The van der Waals surface area contributed by atoms with Gasteiger partial charge in [0.2, 0.25) is 0 Å². The summed E-state index contributed by atoms with van der Waals surface area (Å²) in [5.74, 6) is 0. The lowest BCUT2D eigenvalue weighted by molar-refractivity contribution is 1.05. The molecular weight excluding hydrogens is 605 g/mol. The quantitative estimate of drug-likeness (QED) is 0.169. The van der Waals surface area contributed by atoms with Gasteiger partial charge in [0.05, 0.1) is 16.7 Å². The Morgan fingerprint density at radius 1 is 0.520 bits per heavy atom. The molecule has 0 N–H and O–H groups in total. The summed E-state index contributed by atoms with van der Waals surface area (Å²) in [4.78, 5) is 2.27. The molecular formula is C48H34N2. The van der Waals surface area contributed by atoms with Gasteiger partial charge in [-0.1, -0.05) is 133 Å². The first-order valence-corrected chi connectivity index (χ1v) is 17.2. The fourth-order valence-electron chi connectivity index (χ4n) is 7.23. The topological polar surface area (TPSA) is 8.17 Å². The standard InChI is InChI=1S/C48H34N2/c1-4-12-35(13-5-1)37-20-22-38(23-21-37)40-24-28-42(29-25-40)49(41-16-8-3-9-17-41)44-32-33-46-45-18-10-11-19-47(45)50(48(46)34-44)43-30-26-39(27-31-43)36-14-6-2-7-15-36/h1-6,8,10-14,16,18-34H,7,15H2. The highest BCUT2D eigenvalue weighted by Gasteiger charge is 2.18. The normalized spacial score (nSPS) is 12.5. The third-order valence-electron chi connectivity index (χ3n) is 9.75. The van der Waals surface area contributed by atoms with E-state index in [9.17, 15) is 0 Å². The van der Waals surface area contributed by atoms with Crippen LogP contribution in [0.4, 0.5) is 17.1 Å². The number of rotatable bonds is 7. The van der Waals surface area contributed by atoms with Crippen LogP contribution in [0.15, 0.2) is 182 Å². The molecule has 0 amide bonds. The molecule has 0 radical (unpaired) electrons. The Morgan fingerprint density at radius 2 is 1.16 bits per heavy atom. The summed E-state index contributed by atoms with van der Waals surface area (Å²) in [6.45, 7) is 0. The second-order valence-electron chi connectivity index (χ2n) is 12.8. The summed E-state index contributed by atoms with van der Waals surface area (Å²) in [5, 5.41) is 2.47. The molecule has 0 atom stereocenters. The molecule has 0 fully saturated rings. The van der Waals surface area contributed by atoms with Crippen LogP contribution in [0, 0.1) is 12.1 Å². The van der Waals surface area contributed by atoms with Gasteiger partial charge >= 0.3 is 0 Å². The molecule has 0 spiro atoms. The maximum absolute atomic E-state index is 3.38. The average Bonchev–Trinajstić information content (AvgIpc) is 3.53. The maximum Gasteiger partial charge on any atom is 0.0973 e. The van der Waals surface area contributed by atoms with E-state index in [1.54, 1.807) is 0 Å². The lowest BCUT2D eigenvalue weighted by Crippen LogP contribution is -2.09. The van der Waals surface area contributed by atoms with E-state index in [4.69, 9.17) is 0 Å². The van der Waals surface area contributed by atoms with Crippen molar-refractivity contribution in [2.45, 2.75) is 12.8 Å². The molecule has 0 unspecified atom stereocenters. The van der Waals surface area contributed by atoms with Crippen LogP contribution in [0.3, 0.4) is 0 Å². The largest absolute Gasteiger partial charge is 0.309 e. The van der Waals surface area contributed by atoms with Crippen molar-refractivity contribution in [3.63, 3.8) is 0 Å². The van der Waals surface area contributed by atoms with Crippen molar-refractivity contribution in [2.75, 3.05) is 4.90 Å². The molecule has 50 heavy (non-hydrogen) atoms. The van der Waals surface area contributed by atoms with Crippen molar-refractivity contribution >= 4 is 44.4 Å². The Balaban J connectivity index is 1.12. The Labute approximate surface area is 293 Å². The van der Waals surface area contributed by atoms with Gasteiger partial charge in [-0.05, 0) is 107 Å². The number of para-hydroxylation sites is 1. The van der Waals surface area contributed by atoms with E-state index >= 15 is 0 Å². The number of benzene rings is 6. The summed E-state index contributed by atoms with van der Waals surface area (Å²) in [5.41, 5.74) is 14.1. The Kier molecular flexibility index (Phi) is 7.57. The van der Waals surface area contributed by atoms with Crippen molar-refractivity contribution < 1.29 is 0 Å². The van der Waals surface area contributed by atoms with Gasteiger partial charge in [0, 0.05) is 27.8 Å². The van der Waals surface area contributed by atoms with Gasteiger partial charge < -0.3 is 9.47 Å². The third-order valence-corrected chi connectivity index (χ3v) is 9.75. The van der Waals surface area contributed by atoms with Crippen LogP contribution in [0.1, 0.15) is 18.4 Å². The predicted octanol–water partition coefficient (Wildman–Crippen LogP) is 12.9. The minimum atomic E-state index is 0.939. The number of allylic oxidation sites excluding steroid dienone is 4. The van der Waals surface area contributed by atoms with Crippen LogP contribution in [0.2, 0.25) is 0 Å². The van der Waals surface area contributed by atoms with Gasteiger partial charge in [0.1, 0.15) is 0 Å². The molecule has 0 saturated heterocycles. The fraction of sp³-hybridized carbons (Fsp3) is 0.0417. The minimum Gasteiger partial charge on any atom is -0.309 e. The molecule has 0 aliphatic heterocycles. The Bertz CT molecular complexity index is 2480. The van der Waals surface area contributed by atoms with E-state index < -0.39 is 0 Å². The molecule has 1 heterocycles. The van der Waals surface area contributed by atoms with Crippen LogP contribution in [0.25, 0.3) is 55.3 Å². The monoisotopic (exact) mass is 638 g/mol. The van der Waals surface area contributed by atoms with Crippen LogP contribution in [0.5, 0.6) is 0 Å². The number of nitrogens with zero attached hydrogens (tertiary/aromatic N) is 2. The highest BCUT2D eigenvalue weighted by Crippen LogP contribution is 2.40. The van der Waals surface area contributed by atoms with E-state index in [1.165, 1.54) is 49.7 Å². The molecule has 0 saturated carbocycles. The Hall–Kier alpha value is -6.56. The molecule has 9 rings (SSSR count). The first-order chi connectivity index (χ1) is 24.8. The molecule has 7 aromatic carbocycles. The van der Waals surface area contributed by atoms with Crippen LogP contribution in [-0.2, 0) is 0 Å². The van der Waals surface area contributed by atoms with E-state index in [0.717, 1.165) is 41.1 Å². The zero-order chi connectivity index (χ0) is 33.3. The SMILES string of the molecule is c1cccc(N(c2ccc(-c3ccc(-c4ccccc4)cc3)cc2)c2ccc3c4ccccc4n(-c4ccc(C5=CC=CCC5)cc4)c3c2)c#1. The minimum absolute atomic E-state index is 0.939. The molecule has 8 aromatic rings. The van der Waals surface area contributed by atoms with E-state index in [0.29, 0.717) is 0 Å². The molecule has 1 aliphatic carbocycles. The second-order valence-corrected chi connectivity index (χ2v) is 12.8. The lowest BCUT2D eigenvalue weighted by Gasteiger charge is -2.24. The first-order valence-electron chi connectivity index (χ1n) is 17.2. The van der Waals surface area contributed by atoms with Gasteiger partial charge in [0.25, 0.3) is 0 Å². The van der Waals surface area contributed by atoms with Crippen LogP contribution in [-0.4, -0.2) is 4.57 Å². The molecule has 236 valence electrons. The van der Waals surface area contributed by atoms with Gasteiger partial charge in [-0.3, -0.25) is 0 Å². The zero-order valence-corrected chi connectivity index (χ0v) is 27.6. The van der Waals surface area contributed by atoms with Crippen molar-refractivity contribution in [1.82, 2.24) is 4.57 Å². The Morgan fingerprint density at radius 3 is 1.86 bits per heavy atom. The first kappa shape index (κ1) is 29.6. The number of hydrogen-bond donors (Lipinski definition) is 0. The highest BCUT2D eigenvalue weighted by atomic mass is 15.1. The summed E-state index contributed by atoms with van der Waals surface area (Å²) in [6, 6.07) is 65.3.